The molecular formula is C12H28O7S. The van der Waals surface area contributed by atoms with E-state index in [9.17, 15) is 0 Å². The van der Waals surface area contributed by atoms with E-state index in [1.807, 2.05) is 0 Å². The molecule has 20 heavy (non-hydrogen) atoms. The van der Waals surface area contributed by atoms with Gasteiger partial charge in [-0.2, -0.15) is 8.42 Å². The Hall–Kier alpha value is -0.250. The molecule has 0 aromatic heterocycles. The second-order valence-corrected chi connectivity index (χ2v) is 5.06. The molecule has 7 nitrogen and oxygen atoms in total. The minimum Gasteiger partial charge on any atom is -0.394 e. The Kier molecular flexibility index (Phi) is 18.5. The van der Waals surface area contributed by atoms with Crippen molar-refractivity contribution in [2.45, 2.75) is 45.4 Å². The summed E-state index contributed by atoms with van der Waals surface area (Å²) in [5.41, 5.74) is 0. The highest BCUT2D eigenvalue weighted by Crippen LogP contribution is 2.04. The number of rotatable bonds is 12. The number of aliphatic hydroxyl groups is 1. The quantitative estimate of drug-likeness (QED) is 0.371. The van der Waals surface area contributed by atoms with Crippen molar-refractivity contribution in [3.63, 3.8) is 0 Å². The summed E-state index contributed by atoms with van der Waals surface area (Å²) >= 11 is 0. The second-order valence-electron chi connectivity index (χ2n) is 4.16. The van der Waals surface area contributed by atoms with Crippen LogP contribution in [-0.4, -0.2) is 55.7 Å². The van der Waals surface area contributed by atoms with Crippen molar-refractivity contribution in [1.29, 1.82) is 0 Å². The highest BCUT2D eigenvalue weighted by molar-refractivity contribution is 7.79. The normalized spacial score (nSPS) is 11.0. The first kappa shape index (κ1) is 22.0. The zero-order valence-corrected chi connectivity index (χ0v) is 13.0. The largest absolute Gasteiger partial charge is 0.394 e. The van der Waals surface area contributed by atoms with Crippen molar-refractivity contribution in [3.8, 4) is 0 Å². The Morgan fingerprint density at radius 3 is 1.75 bits per heavy atom. The van der Waals surface area contributed by atoms with Crippen LogP contribution >= 0.6 is 0 Å². The first-order chi connectivity index (χ1) is 9.41. The molecule has 0 saturated heterocycles. The monoisotopic (exact) mass is 316 g/mol. The van der Waals surface area contributed by atoms with Crippen LogP contribution in [0, 0.1) is 0 Å². The van der Waals surface area contributed by atoms with E-state index in [-0.39, 0.29) is 6.61 Å². The van der Waals surface area contributed by atoms with E-state index in [1.54, 1.807) is 0 Å². The number of hydrogen-bond donors (Lipinski definition) is 3. The molecule has 0 heterocycles. The van der Waals surface area contributed by atoms with E-state index in [0.29, 0.717) is 19.8 Å². The first-order valence-electron chi connectivity index (χ1n) is 6.88. The van der Waals surface area contributed by atoms with Gasteiger partial charge in [0.05, 0.1) is 26.4 Å². The van der Waals surface area contributed by atoms with Crippen LogP contribution in [0.15, 0.2) is 0 Å². The minimum atomic E-state index is -4.67. The van der Waals surface area contributed by atoms with Gasteiger partial charge in [0.2, 0.25) is 0 Å². The molecule has 124 valence electrons. The zero-order chi connectivity index (χ0) is 15.7. The van der Waals surface area contributed by atoms with Gasteiger partial charge < -0.3 is 14.6 Å². The summed E-state index contributed by atoms with van der Waals surface area (Å²) in [4.78, 5) is 0. The Labute approximate surface area is 121 Å². The number of hydrogen-bond acceptors (Lipinski definition) is 5. The van der Waals surface area contributed by atoms with Gasteiger partial charge in [0.1, 0.15) is 0 Å². The van der Waals surface area contributed by atoms with Crippen molar-refractivity contribution in [3.05, 3.63) is 0 Å². The molecule has 0 aliphatic carbocycles. The van der Waals surface area contributed by atoms with Crippen LogP contribution in [-0.2, 0) is 19.9 Å². The van der Waals surface area contributed by atoms with Gasteiger partial charge >= 0.3 is 10.4 Å². The Morgan fingerprint density at radius 2 is 1.25 bits per heavy atom. The fourth-order valence-electron chi connectivity index (χ4n) is 1.37. The van der Waals surface area contributed by atoms with Crippen LogP contribution in [0.1, 0.15) is 45.4 Å². The van der Waals surface area contributed by atoms with Crippen LogP contribution in [0.5, 0.6) is 0 Å². The lowest BCUT2D eigenvalue weighted by atomic mass is 10.1. The summed E-state index contributed by atoms with van der Waals surface area (Å²) in [6, 6.07) is 0. The third-order valence-corrected chi connectivity index (χ3v) is 2.25. The molecule has 0 aliphatic rings. The number of aliphatic hydroxyl groups excluding tert-OH is 1. The maximum Gasteiger partial charge on any atom is 0.394 e. The van der Waals surface area contributed by atoms with E-state index >= 15 is 0 Å². The minimum absolute atomic E-state index is 0.0947. The lowest BCUT2D eigenvalue weighted by Crippen LogP contribution is -2.07. The molecule has 0 unspecified atom stereocenters. The predicted octanol–water partition coefficient (Wildman–Crippen LogP) is 1.72. The van der Waals surface area contributed by atoms with E-state index in [2.05, 4.69) is 6.92 Å². The van der Waals surface area contributed by atoms with Gasteiger partial charge in [-0.1, -0.05) is 39.0 Å². The molecule has 0 fully saturated rings. The summed E-state index contributed by atoms with van der Waals surface area (Å²) in [6.07, 6.45) is 7.78. The predicted molar refractivity (Wildman–Crippen MR) is 76.3 cm³/mol. The average molecular weight is 316 g/mol. The fraction of sp³-hybridized carbons (Fsp3) is 1.00. The summed E-state index contributed by atoms with van der Waals surface area (Å²) in [6.45, 7) is 4.83. The summed E-state index contributed by atoms with van der Waals surface area (Å²) < 4.78 is 42.0. The first-order valence-corrected chi connectivity index (χ1v) is 8.27. The maximum atomic E-state index is 8.74. The van der Waals surface area contributed by atoms with Crippen molar-refractivity contribution >= 4 is 10.4 Å². The zero-order valence-electron chi connectivity index (χ0n) is 12.2. The van der Waals surface area contributed by atoms with Crippen LogP contribution in [0.4, 0.5) is 0 Å². The van der Waals surface area contributed by atoms with E-state index < -0.39 is 10.4 Å². The standard InChI is InChI=1S/C12H26O3.H2O4S/c1-2-3-4-5-6-7-9-14-11-12-15-10-8-13;1-5(2,3)4/h13H,2-12H2,1H3;(H2,1,2,3,4). The average Bonchev–Trinajstić information content (AvgIpc) is 2.34. The van der Waals surface area contributed by atoms with E-state index in [4.69, 9.17) is 32.1 Å². The van der Waals surface area contributed by atoms with Crippen LogP contribution in [0.25, 0.3) is 0 Å². The van der Waals surface area contributed by atoms with Gasteiger partial charge in [0.15, 0.2) is 0 Å². The SMILES string of the molecule is CCCCCCCCOCCOCCO.O=S(=O)(O)O. The Balaban J connectivity index is 0. The van der Waals surface area contributed by atoms with Gasteiger partial charge in [0.25, 0.3) is 0 Å². The van der Waals surface area contributed by atoms with Gasteiger partial charge in [-0.3, -0.25) is 9.11 Å². The Morgan fingerprint density at radius 1 is 0.800 bits per heavy atom. The third-order valence-electron chi connectivity index (χ3n) is 2.25. The van der Waals surface area contributed by atoms with Crippen LogP contribution in [0.3, 0.4) is 0 Å². The maximum absolute atomic E-state index is 8.74. The highest BCUT2D eigenvalue weighted by Gasteiger charge is 1.91. The third kappa shape index (κ3) is 36.1. The summed E-state index contributed by atoms with van der Waals surface area (Å²) in [7, 11) is -4.67. The second kappa shape index (κ2) is 16.8. The van der Waals surface area contributed by atoms with Crippen LogP contribution in [0.2, 0.25) is 0 Å². The fourth-order valence-corrected chi connectivity index (χ4v) is 1.37. The van der Waals surface area contributed by atoms with E-state index in [1.165, 1.54) is 32.1 Å². The molecule has 0 radical (unpaired) electrons. The van der Waals surface area contributed by atoms with Crippen LogP contribution < -0.4 is 0 Å². The molecular weight excluding hydrogens is 288 g/mol. The molecule has 0 aromatic carbocycles. The van der Waals surface area contributed by atoms with Crippen molar-refractivity contribution in [1.82, 2.24) is 0 Å². The smallest absolute Gasteiger partial charge is 0.394 e. The van der Waals surface area contributed by atoms with Gasteiger partial charge in [-0.25, -0.2) is 0 Å². The molecule has 0 aliphatic heterocycles. The Bertz CT molecular complexity index is 247. The van der Waals surface area contributed by atoms with E-state index in [0.717, 1.165) is 13.0 Å². The van der Waals surface area contributed by atoms with Crippen molar-refractivity contribution in [2.24, 2.45) is 0 Å². The topological polar surface area (TPSA) is 113 Å². The molecule has 0 saturated carbocycles. The summed E-state index contributed by atoms with van der Waals surface area (Å²) in [5.74, 6) is 0. The molecule has 8 heteroatoms. The van der Waals surface area contributed by atoms with Crippen molar-refractivity contribution < 1.29 is 32.1 Å². The molecule has 0 aromatic rings. The molecule has 0 bridgehead atoms. The molecule has 0 amide bonds. The van der Waals surface area contributed by atoms with Gasteiger partial charge in [-0.15, -0.1) is 0 Å². The molecule has 3 N–H and O–H groups in total. The molecule has 0 spiro atoms. The van der Waals surface area contributed by atoms with Gasteiger partial charge in [0, 0.05) is 6.61 Å². The molecule has 0 rings (SSSR count). The summed E-state index contributed by atoms with van der Waals surface area (Å²) in [5, 5.41) is 8.44. The number of unbranched alkanes of at least 4 members (excludes halogenated alkanes) is 5. The van der Waals surface area contributed by atoms with Crippen molar-refractivity contribution in [2.75, 3.05) is 33.0 Å². The molecule has 0 atom stereocenters. The van der Waals surface area contributed by atoms with Gasteiger partial charge in [-0.05, 0) is 6.42 Å². The lowest BCUT2D eigenvalue weighted by Gasteiger charge is -2.04. The lowest BCUT2D eigenvalue weighted by molar-refractivity contribution is 0.0321. The highest BCUT2D eigenvalue weighted by atomic mass is 32.3. The number of ether oxygens (including phenoxy) is 2.